The summed E-state index contributed by atoms with van der Waals surface area (Å²) >= 11 is 0. The van der Waals surface area contributed by atoms with Crippen molar-refractivity contribution in [2.24, 2.45) is 0 Å². The first kappa shape index (κ1) is 14.3. The Balaban J connectivity index is 1.84. The van der Waals surface area contributed by atoms with Crippen LogP contribution in [0.1, 0.15) is 31.4 Å². The minimum absolute atomic E-state index is 0.0144. The highest BCUT2D eigenvalue weighted by molar-refractivity contribution is 5.86. The minimum Gasteiger partial charge on any atom is -0.389 e. The van der Waals surface area contributed by atoms with Gasteiger partial charge in [-0.3, -0.25) is 4.79 Å². The van der Waals surface area contributed by atoms with Gasteiger partial charge in [-0.25, -0.2) is 4.98 Å². The highest BCUT2D eigenvalue weighted by Gasteiger charge is 2.34. The number of nitrogens with one attached hydrogen (secondary N) is 1. The van der Waals surface area contributed by atoms with E-state index in [1.807, 2.05) is 11.0 Å². The monoisotopic (exact) mass is 291 g/mol. The van der Waals surface area contributed by atoms with Gasteiger partial charge in [-0.15, -0.1) is 0 Å². The molecule has 1 unspecified atom stereocenters. The highest BCUT2D eigenvalue weighted by atomic mass is 16.5. The van der Waals surface area contributed by atoms with Gasteiger partial charge in [0, 0.05) is 24.3 Å². The van der Waals surface area contributed by atoms with Gasteiger partial charge < -0.3 is 20.1 Å². The van der Waals surface area contributed by atoms with Crippen molar-refractivity contribution in [1.82, 2.24) is 10.3 Å². The standard InChI is InChI=1S/C15H21N3O3/c1-10(19)12-3-2-6-16-14(12)18-7-8-21-9-13(18)15(20)17-11-4-5-11/h2-3,6,10-11,13,19H,4-5,7-9H2,1H3,(H,17,20)/t10-,13?/m0/s1. The lowest BCUT2D eigenvalue weighted by molar-refractivity contribution is -0.124. The lowest BCUT2D eigenvalue weighted by atomic mass is 10.1. The molecule has 1 aromatic rings. The van der Waals surface area contributed by atoms with Crippen LogP contribution in [0.5, 0.6) is 0 Å². The Labute approximate surface area is 124 Å². The van der Waals surface area contributed by atoms with Crippen LogP contribution in [0.2, 0.25) is 0 Å². The summed E-state index contributed by atoms with van der Waals surface area (Å²) < 4.78 is 5.46. The average molecular weight is 291 g/mol. The summed E-state index contributed by atoms with van der Waals surface area (Å²) in [4.78, 5) is 18.7. The number of morpholine rings is 1. The topological polar surface area (TPSA) is 74.7 Å². The summed E-state index contributed by atoms with van der Waals surface area (Å²) in [6, 6.07) is 3.58. The van der Waals surface area contributed by atoms with Gasteiger partial charge in [-0.1, -0.05) is 6.07 Å². The maximum atomic E-state index is 12.4. The molecule has 0 aromatic carbocycles. The number of aliphatic hydroxyl groups is 1. The van der Waals surface area contributed by atoms with Gasteiger partial charge in [0.25, 0.3) is 0 Å². The molecule has 2 aliphatic rings. The Hall–Kier alpha value is -1.66. The number of amides is 1. The molecular weight excluding hydrogens is 270 g/mol. The molecule has 0 bridgehead atoms. The van der Waals surface area contributed by atoms with Crippen molar-refractivity contribution in [1.29, 1.82) is 0 Å². The van der Waals surface area contributed by atoms with Crippen molar-refractivity contribution < 1.29 is 14.6 Å². The Morgan fingerprint density at radius 3 is 3.10 bits per heavy atom. The number of rotatable bonds is 4. The largest absolute Gasteiger partial charge is 0.389 e. The summed E-state index contributed by atoms with van der Waals surface area (Å²) in [6.45, 7) is 3.22. The number of aliphatic hydroxyl groups excluding tert-OH is 1. The Bertz CT molecular complexity index is 517. The molecule has 2 atom stereocenters. The summed E-state index contributed by atoms with van der Waals surface area (Å²) in [6.07, 6.45) is 3.18. The second-order valence-electron chi connectivity index (χ2n) is 5.66. The van der Waals surface area contributed by atoms with Crippen LogP contribution < -0.4 is 10.2 Å². The van der Waals surface area contributed by atoms with E-state index in [0.717, 1.165) is 18.4 Å². The molecule has 0 radical (unpaired) electrons. The number of pyridine rings is 1. The van der Waals surface area contributed by atoms with E-state index in [4.69, 9.17) is 4.74 Å². The zero-order valence-corrected chi connectivity index (χ0v) is 12.2. The Morgan fingerprint density at radius 2 is 2.38 bits per heavy atom. The molecule has 1 aliphatic carbocycles. The van der Waals surface area contributed by atoms with Crippen molar-refractivity contribution in [2.45, 2.75) is 38.0 Å². The zero-order valence-electron chi connectivity index (χ0n) is 12.2. The summed E-state index contributed by atoms with van der Waals surface area (Å²) in [7, 11) is 0. The molecule has 1 aliphatic heterocycles. The third kappa shape index (κ3) is 3.16. The van der Waals surface area contributed by atoms with Gasteiger partial charge in [-0.2, -0.15) is 0 Å². The molecule has 3 rings (SSSR count). The number of hydrogen-bond acceptors (Lipinski definition) is 5. The van der Waals surface area contributed by atoms with Crippen molar-refractivity contribution in [3.8, 4) is 0 Å². The highest BCUT2D eigenvalue weighted by Crippen LogP contribution is 2.27. The van der Waals surface area contributed by atoms with Crippen molar-refractivity contribution >= 4 is 11.7 Å². The lowest BCUT2D eigenvalue weighted by Crippen LogP contribution is -2.55. The molecular formula is C15H21N3O3. The first-order valence-electron chi connectivity index (χ1n) is 7.44. The molecule has 2 heterocycles. The number of nitrogens with zero attached hydrogens (tertiary/aromatic N) is 2. The fourth-order valence-electron chi connectivity index (χ4n) is 2.57. The minimum atomic E-state index is -0.622. The first-order valence-corrected chi connectivity index (χ1v) is 7.44. The van der Waals surface area contributed by atoms with E-state index in [1.54, 1.807) is 19.2 Å². The van der Waals surface area contributed by atoms with Crippen LogP contribution in [0.25, 0.3) is 0 Å². The number of ether oxygens (including phenoxy) is 1. The second kappa shape index (κ2) is 5.99. The Morgan fingerprint density at radius 1 is 1.57 bits per heavy atom. The number of anilines is 1. The molecule has 6 nitrogen and oxygen atoms in total. The van der Waals surface area contributed by atoms with E-state index in [2.05, 4.69) is 10.3 Å². The molecule has 21 heavy (non-hydrogen) atoms. The predicted octanol–water partition coefficient (Wildman–Crippen LogP) is 0.619. The van der Waals surface area contributed by atoms with Crippen LogP contribution in [0.15, 0.2) is 18.3 Å². The van der Waals surface area contributed by atoms with Crippen molar-refractivity contribution in [3.63, 3.8) is 0 Å². The number of aromatic nitrogens is 1. The van der Waals surface area contributed by atoms with Crippen LogP contribution in [0.3, 0.4) is 0 Å². The SMILES string of the molecule is C[C@H](O)c1cccnc1N1CCOCC1C(=O)NC1CC1. The van der Waals surface area contributed by atoms with Crippen molar-refractivity contribution in [3.05, 3.63) is 23.9 Å². The van der Waals surface area contributed by atoms with Gasteiger partial charge in [0.2, 0.25) is 5.91 Å². The number of hydrogen-bond donors (Lipinski definition) is 2. The second-order valence-corrected chi connectivity index (χ2v) is 5.66. The lowest BCUT2D eigenvalue weighted by Gasteiger charge is -2.36. The van der Waals surface area contributed by atoms with Crippen LogP contribution in [0, 0.1) is 0 Å². The van der Waals surface area contributed by atoms with Gasteiger partial charge in [-0.05, 0) is 25.8 Å². The van der Waals surface area contributed by atoms with Gasteiger partial charge >= 0.3 is 0 Å². The molecule has 114 valence electrons. The zero-order chi connectivity index (χ0) is 14.8. The smallest absolute Gasteiger partial charge is 0.245 e. The first-order chi connectivity index (χ1) is 10.2. The molecule has 0 spiro atoms. The van der Waals surface area contributed by atoms with E-state index < -0.39 is 6.10 Å². The molecule has 2 N–H and O–H groups in total. The van der Waals surface area contributed by atoms with E-state index in [0.29, 0.717) is 31.6 Å². The molecule has 2 fully saturated rings. The van der Waals surface area contributed by atoms with E-state index >= 15 is 0 Å². The number of carbonyl (C=O) groups excluding carboxylic acids is 1. The third-order valence-corrected chi connectivity index (χ3v) is 3.89. The Kier molecular flexibility index (Phi) is 4.07. The van der Waals surface area contributed by atoms with E-state index in [9.17, 15) is 9.90 Å². The van der Waals surface area contributed by atoms with E-state index in [-0.39, 0.29) is 11.9 Å². The van der Waals surface area contributed by atoms with Gasteiger partial charge in [0.05, 0.1) is 19.3 Å². The molecule has 1 saturated carbocycles. The average Bonchev–Trinajstić information content (AvgIpc) is 3.31. The quantitative estimate of drug-likeness (QED) is 0.850. The fourth-order valence-corrected chi connectivity index (χ4v) is 2.57. The van der Waals surface area contributed by atoms with Crippen LogP contribution >= 0.6 is 0 Å². The predicted molar refractivity (Wildman–Crippen MR) is 78.0 cm³/mol. The number of carbonyl (C=O) groups is 1. The van der Waals surface area contributed by atoms with Gasteiger partial charge in [0.1, 0.15) is 11.9 Å². The summed E-state index contributed by atoms with van der Waals surface area (Å²) in [5.74, 6) is 0.658. The van der Waals surface area contributed by atoms with Crippen LogP contribution in [-0.4, -0.2) is 47.8 Å². The van der Waals surface area contributed by atoms with Crippen molar-refractivity contribution in [2.75, 3.05) is 24.7 Å². The molecule has 1 aromatic heterocycles. The van der Waals surface area contributed by atoms with E-state index in [1.165, 1.54) is 0 Å². The molecule has 6 heteroatoms. The molecule has 1 saturated heterocycles. The fraction of sp³-hybridized carbons (Fsp3) is 0.600. The normalized spacial score (nSPS) is 23.7. The maximum Gasteiger partial charge on any atom is 0.245 e. The van der Waals surface area contributed by atoms with Gasteiger partial charge in [0.15, 0.2) is 0 Å². The maximum absolute atomic E-state index is 12.4. The summed E-state index contributed by atoms with van der Waals surface area (Å²) in [5, 5.41) is 12.9. The van der Waals surface area contributed by atoms with Crippen LogP contribution in [-0.2, 0) is 9.53 Å². The summed E-state index contributed by atoms with van der Waals surface area (Å²) in [5.41, 5.74) is 0.739. The molecule has 1 amide bonds. The van der Waals surface area contributed by atoms with Crippen LogP contribution in [0.4, 0.5) is 5.82 Å². The third-order valence-electron chi connectivity index (χ3n) is 3.89.